The summed E-state index contributed by atoms with van der Waals surface area (Å²) in [5.74, 6) is 1.28. The maximum atomic E-state index is 11.8. The molecule has 2 aromatic rings. The van der Waals surface area contributed by atoms with Gasteiger partial charge in [-0.05, 0) is 53.6 Å². The van der Waals surface area contributed by atoms with Crippen LogP contribution in [0, 0.1) is 0 Å². The third-order valence-corrected chi connectivity index (χ3v) is 5.65. The van der Waals surface area contributed by atoms with Crippen molar-refractivity contribution in [2.75, 3.05) is 6.61 Å². The van der Waals surface area contributed by atoms with Gasteiger partial charge in [-0.2, -0.15) is 0 Å². The van der Waals surface area contributed by atoms with Crippen LogP contribution in [0.15, 0.2) is 51.9 Å². The van der Waals surface area contributed by atoms with Crippen LogP contribution in [0.2, 0.25) is 0 Å². The molecule has 3 nitrogen and oxygen atoms in total. The van der Waals surface area contributed by atoms with Crippen LogP contribution in [0.1, 0.15) is 49.3 Å². The van der Waals surface area contributed by atoms with Crippen LogP contribution < -0.4 is 4.74 Å². The van der Waals surface area contributed by atoms with Crippen molar-refractivity contribution in [3.8, 4) is 11.5 Å². The number of phenols is 1. The number of ketones is 1. The third-order valence-electron chi connectivity index (χ3n) is 4.24. The molecule has 0 saturated heterocycles. The van der Waals surface area contributed by atoms with Crippen LogP contribution in [-0.4, -0.2) is 17.5 Å². The molecule has 2 aromatic carbocycles. The van der Waals surface area contributed by atoms with E-state index in [0.717, 1.165) is 25.6 Å². The molecule has 0 aliphatic carbocycles. The first-order chi connectivity index (χ1) is 12.8. The number of benzene rings is 2. The minimum Gasteiger partial charge on any atom is -0.508 e. The second kappa shape index (κ2) is 10.1. The van der Waals surface area contributed by atoms with E-state index in [0.29, 0.717) is 30.8 Å². The smallest absolute Gasteiger partial charge is 0.170 e. The summed E-state index contributed by atoms with van der Waals surface area (Å²) >= 11 is 7.22. The van der Waals surface area contributed by atoms with Crippen LogP contribution in [-0.2, 0) is 11.2 Å². The summed E-state index contributed by atoms with van der Waals surface area (Å²) in [5, 5.41) is 10.0. The molecular weight excluding hydrogens is 472 g/mol. The SMILES string of the molecule is C=CCCC(=O)COc1cc(Br)c(Cc2ccc(O)c(C(C)C)c2)c(Br)c1. The molecule has 0 fully saturated rings. The first kappa shape index (κ1) is 21.7. The van der Waals surface area contributed by atoms with Gasteiger partial charge in [0.15, 0.2) is 5.78 Å². The Morgan fingerprint density at radius 3 is 2.48 bits per heavy atom. The van der Waals surface area contributed by atoms with Gasteiger partial charge < -0.3 is 9.84 Å². The standard InChI is InChI=1S/C22H24Br2O3/c1-4-5-6-16(25)13-27-17-11-20(23)19(21(24)12-17)10-15-7-8-22(26)18(9-15)14(2)3/h4,7-9,11-12,14,26H,1,5-6,10,13H2,2-3H3. The van der Waals surface area contributed by atoms with Crippen LogP contribution in [0.4, 0.5) is 0 Å². The van der Waals surface area contributed by atoms with Gasteiger partial charge in [-0.1, -0.05) is 63.9 Å². The summed E-state index contributed by atoms with van der Waals surface area (Å²) in [6.07, 6.45) is 3.55. The second-order valence-electron chi connectivity index (χ2n) is 6.74. The van der Waals surface area contributed by atoms with Crippen molar-refractivity contribution in [1.29, 1.82) is 0 Å². The number of allylic oxidation sites excluding steroid dienone is 1. The number of ether oxygens (including phenoxy) is 1. The number of hydrogen-bond acceptors (Lipinski definition) is 3. The minimum absolute atomic E-state index is 0.0523. The Bertz CT molecular complexity index is 805. The van der Waals surface area contributed by atoms with E-state index in [4.69, 9.17) is 4.74 Å². The van der Waals surface area contributed by atoms with Crippen molar-refractivity contribution in [3.05, 3.63) is 68.6 Å². The average molecular weight is 496 g/mol. The van der Waals surface area contributed by atoms with Gasteiger partial charge in [-0.15, -0.1) is 6.58 Å². The molecule has 0 aliphatic heterocycles. The van der Waals surface area contributed by atoms with Crippen LogP contribution in [0.3, 0.4) is 0 Å². The van der Waals surface area contributed by atoms with Gasteiger partial charge in [0.05, 0.1) is 0 Å². The molecule has 5 heteroatoms. The molecular formula is C22H24Br2O3. The van der Waals surface area contributed by atoms with Crippen molar-refractivity contribution < 1.29 is 14.6 Å². The molecule has 0 amide bonds. The van der Waals surface area contributed by atoms with Gasteiger partial charge in [-0.3, -0.25) is 4.79 Å². The molecule has 0 unspecified atom stereocenters. The topological polar surface area (TPSA) is 46.5 Å². The predicted molar refractivity (Wildman–Crippen MR) is 117 cm³/mol. The predicted octanol–water partition coefficient (Wildman–Crippen LogP) is 6.55. The summed E-state index contributed by atoms with van der Waals surface area (Å²) in [6, 6.07) is 9.48. The van der Waals surface area contributed by atoms with Crippen LogP contribution in [0.25, 0.3) is 0 Å². The highest BCUT2D eigenvalue weighted by atomic mass is 79.9. The summed E-state index contributed by atoms with van der Waals surface area (Å²) in [7, 11) is 0. The van der Waals surface area contributed by atoms with Crippen molar-refractivity contribution >= 4 is 37.6 Å². The van der Waals surface area contributed by atoms with Gasteiger partial charge in [0, 0.05) is 15.4 Å². The Morgan fingerprint density at radius 2 is 1.89 bits per heavy atom. The van der Waals surface area contributed by atoms with E-state index in [-0.39, 0.29) is 18.3 Å². The molecule has 0 aromatic heterocycles. The maximum Gasteiger partial charge on any atom is 0.170 e. The minimum atomic E-state index is 0.0523. The normalized spacial score (nSPS) is 10.9. The molecule has 0 bridgehead atoms. The zero-order chi connectivity index (χ0) is 20.0. The van der Waals surface area contributed by atoms with Gasteiger partial charge in [0.2, 0.25) is 0 Å². The van der Waals surface area contributed by atoms with Crippen molar-refractivity contribution in [3.63, 3.8) is 0 Å². The van der Waals surface area contributed by atoms with Crippen LogP contribution in [0.5, 0.6) is 11.5 Å². The first-order valence-electron chi connectivity index (χ1n) is 8.87. The monoisotopic (exact) mass is 494 g/mol. The van der Waals surface area contributed by atoms with Gasteiger partial charge >= 0.3 is 0 Å². The fraction of sp³-hybridized carbons (Fsp3) is 0.318. The number of Topliss-reactive ketones (excluding diaryl/α,β-unsaturated/α-hetero) is 1. The zero-order valence-electron chi connectivity index (χ0n) is 15.6. The molecule has 1 N–H and O–H groups in total. The summed E-state index contributed by atoms with van der Waals surface area (Å²) < 4.78 is 7.44. The van der Waals surface area contributed by atoms with Gasteiger partial charge in [-0.25, -0.2) is 0 Å². The third kappa shape index (κ3) is 6.22. The molecule has 0 atom stereocenters. The summed E-state index contributed by atoms with van der Waals surface area (Å²) in [6.45, 7) is 7.80. The Kier molecular flexibility index (Phi) is 8.11. The molecule has 0 spiro atoms. The number of halogens is 2. The maximum absolute atomic E-state index is 11.8. The molecule has 144 valence electrons. The van der Waals surface area contributed by atoms with E-state index in [1.54, 1.807) is 12.1 Å². The lowest BCUT2D eigenvalue weighted by atomic mass is 9.96. The van der Waals surface area contributed by atoms with E-state index in [2.05, 4.69) is 52.3 Å². The van der Waals surface area contributed by atoms with Gasteiger partial charge in [0.25, 0.3) is 0 Å². The number of rotatable bonds is 9. The van der Waals surface area contributed by atoms with Crippen molar-refractivity contribution in [2.45, 2.75) is 39.0 Å². The number of carbonyl (C=O) groups is 1. The largest absolute Gasteiger partial charge is 0.508 e. The Morgan fingerprint density at radius 1 is 1.22 bits per heavy atom. The number of carbonyl (C=O) groups excluding carboxylic acids is 1. The summed E-state index contributed by atoms with van der Waals surface area (Å²) in [5.41, 5.74) is 3.14. The molecule has 0 aliphatic rings. The molecule has 0 heterocycles. The zero-order valence-corrected chi connectivity index (χ0v) is 18.8. The molecule has 27 heavy (non-hydrogen) atoms. The number of hydrogen-bond donors (Lipinski definition) is 1. The summed E-state index contributed by atoms with van der Waals surface area (Å²) in [4.78, 5) is 11.8. The van der Waals surface area contributed by atoms with E-state index in [9.17, 15) is 9.90 Å². The Hall–Kier alpha value is -1.59. The molecule has 2 rings (SSSR count). The van der Waals surface area contributed by atoms with E-state index in [1.165, 1.54) is 0 Å². The lowest BCUT2D eigenvalue weighted by molar-refractivity contribution is -0.120. The Balaban J connectivity index is 2.14. The highest BCUT2D eigenvalue weighted by Gasteiger charge is 2.13. The van der Waals surface area contributed by atoms with E-state index < -0.39 is 0 Å². The van der Waals surface area contributed by atoms with Crippen molar-refractivity contribution in [1.82, 2.24) is 0 Å². The highest BCUT2D eigenvalue weighted by Crippen LogP contribution is 2.34. The second-order valence-corrected chi connectivity index (χ2v) is 8.45. The highest BCUT2D eigenvalue weighted by molar-refractivity contribution is 9.11. The quantitative estimate of drug-likeness (QED) is 0.401. The average Bonchev–Trinajstić information content (AvgIpc) is 2.62. The molecule has 0 saturated carbocycles. The fourth-order valence-electron chi connectivity index (χ4n) is 2.71. The molecule has 0 radical (unpaired) electrons. The number of phenolic OH excluding ortho intramolecular Hbond substituents is 1. The first-order valence-corrected chi connectivity index (χ1v) is 10.5. The van der Waals surface area contributed by atoms with Gasteiger partial charge in [0.1, 0.15) is 18.1 Å². The Labute approximate surface area is 177 Å². The number of aromatic hydroxyl groups is 1. The van der Waals surface area contributed by atoms with E-state index in [1.807, 2.05) is 24.3 Å². The van der Waals surface area contributed by atoms with Crippen molar-refractivity contribution in [2.24, 2.45) is 0 Å². The lowest BCUT2D eigenvalue weighted by Gasteiger charge is -2.14. The fourth-order valence-corrected chi connectivity index (χ4v) is 4.14. The van der Waals surface area contributed by atoms with E-state index >= 15 is 0 Å². The lowest BCUT2D eigenvalue weighted by Crippen LogP contribution is -2.10. The van der Waals surface area contributed by atoms with Crippen LogP contribution >= 0.6 is 31.9 Å².